The summed E-state index contributed by atoms with van der Waals surface area (Å²) in [7, 11) is 1.63. The zero-order chi connectivity index (χ0) is 17.8. The van der Waals surface area contributed by atoms with E-state index >= 15 is 0 Å². The summed E-state index contributed by atoms with van der Waals surface area (Å²) in [6.45, 7) is 4.80. The quantitative estimate of drug-likeness (QED) is 0.874. The molecule has 0 bridgehead atoms. The number of amides is 1. The third-order valence-electron chi connectivity index (χ3n) is 4.33. The van der Waals surface area contributed by atoms with Crippen molar-refractivity contribution in [2.75, 3.05) is 13.9 Å². The molecule has 0 saturated heterocycles. The molecule has 0 aromatic heterocycles. The fourth-order valence-electron chi connectivity index (χ4n) is 3.00. The molecule has 1 atom stereocenters. The summed E-state index contributed by atoms with van der Waals surface area (Å²) in [4.78, 5) is 12.7. The minimum atomic E-state index is -0.208. The van der Waals surface area contributed by atoms with Crippen LogP contribution in [0, 0.1) is 5.92 Å². The Morgan fingerprint density at radius 1 is 1.12 bits per heavy atom. The molecule has 0 radical (unpaired) electrons. The van der Waals surface area contributed by atoms with Gasteiger partial charge in [-0.25, -0.2) is 0 Å². The Morgan fingerprint density at radius 3 is 2.52 bits per heavy atom. The highest BCUT2D eigenvalue weighted by Gasteiger charge is 2.24. The van der Waals surface area contributed by atoms with E-state index < -0.39 is 0 Å². The topological polar surface area (TPSA) is 56.8 Å². The molecule has 1 amide bonds. The molecular formula is C20H23NO4. The summed E-state index contributed by atoms with van der Waals surface area (Å²) in [6.07, 6.45) is 0. The van der Waals surface area contributed by atoms with E-state index in [9.17, 15) is 4.79 Å². The van der Waals surface area contributed by atoms with Gasteiger partial charge in [0.25, 0.3) is 0 Å². The number of carbonyl (C=O) groups is 1. The summed E-state index contributed by atoms with van der Waals surface area (Å²) in [6, 6.07) is 13.4. The van der Waals surface area contributed by atoms with E-state index in [1.165, 1.54) is 0 Å². The average Bonchev–Trinajstić information content (AvgIpc) is 3.08. The summed E-state index contributed by atoms with van der Waals surface area (Å²) in [5, 5.41) is 3.03. The lowest BCUT2D eigenvalue weighted by molar-refractivity contribution is -0.123. The van der Waals surface area contributed by atoms with Crippen molar-refractivity contribution in [2.24, 2.45) is 5.92 Å². The molecule has 0 spiro atoms. The second-order valence-corrected chi connectivity index (χ2v) is 6.40. The fourth-order valence-corrected chi connectivity index (χ4v) is 3.00. The Labute approximate surface area is 147 Å². The predicted octanol–water partition coefficient (Wildman–Crippen LogP) is 3.48. The van der Waals surface area contributed by atoms with Gasteiger partial charge in [0, 0.05) is 6.54 Å². The van der Waals surface area contributed by atoms with Crippen LogP contribution in [0.15, 0.2) is 42.5 Å². The van der Waals surface area contributed by atoms with E-state index in [4.69, 9.17) is 14.2 Å². The van der Waals surface area contributed by atoms with Crippen LogP contribution in [0.3, 0.4) is 0 Å². The maximum Gasteiger partial charge on any atom is 0.231 e. The smallest absolute Gasteiger partial charge is 0.231 e. The molecule has 1 N–H and O–H groups in total. The Bertz CT molecular complexity index is 740. The van der Waals surface area contributed by atoms with Gasteiger partial charge in [0.15, 0.2) is 11.5 Å². The lowest BCUT2D eigenvalue weighted by Gasteiger charge is -2.21. The molecule has 5 nitrogen and oxygen atoms in total. The van der Waals surface area contributed by atoms with Gasteiger partial charge in [0.05, 0.1) is 13.0 Å². The van der Waals surface area contributed by atoms with Gasteiger partial charge in [-0.3, -0.25) is 4.79 Å². The van der Waals surface area contributed by atoms with Crippen LogP contribution in [0.1, 0.15) is 30.9 Å². The Balaban J connectivity index is 1.68. The first kappa shape index (κ1) is 17.1. The van der Waals surface area contributed by atoms with Crippen molar-refractivity contribution in [3.05, 3.63) is 53.6 Å². The van der Waals surface area contributed by atoms with E-state index in [0.717, 1.165) is 28.4 Å². The van der Waals surface area contributed by atoms with Crippen LogP contribution in [0.5, 0.6) is 17.2 Å². The number of ether oxygens (including phenoxy) is 3. The molecule has 25 heavy (non-hydrogen) atoms. The van der Waals surface area contributed by atoms with Crippen molar-refractivity contribution in [2.45, 2.75) is 26.3 Å². The van der Waals surface area contributed by atoms with Crippen LogP contribution in [-0.2, 0) is 11.3 Å². The minimum absolute atomic E-state index is 0.0119. The molecular weight excluding hydrogens is 318 g/mol. The van der Waals surface area contributed by atoms with Crippen LogP contribution in [-0.4, -0.2) is 19.8 Å². The molecule has 0 saturated carbocycles. The first-order valence-electron chi connectivity index (χ1n) is 8.38. The number of nitrogens with one attached hydrogen (secondary N) is 1. The van der Waals surface area contributed by atoms with Crippen molar-refractivity contribution in [3.63, 3.8) is 0 Å². The standard InChI is InChI=1S/C20H23NO4/c1-13(2)19(15-5-7-16(23-3)8-6-15)20(22)21-11-14-4-9-17-18(10-14)25-12-24-17/h4-10,13,19H,11-12H2,1-3H3,(H,21,22). The van der Waals surface area contributed by atoms with Crippen LogP contribution in [0.25, 0.3) is 0 Å². The predicted molar refractivity (Wildman–Crippen MR) is 95.0 cm³/mol. The Kier molecular flexibility index (Phi) is 5.12. The monoisotopic (exact) mass is 341 g/mol. The first-order valence-corrected chi connectivity index (χ1v) is 8.38. The number of hydrogen-bond acceptors (Lipinski definition) is 4. The number of fused-ring (bicyclic) bond motifs is 1. The van der Waals surface area contributed by atoms with Gasteiger partial charge in [-0.05, 0) is 41.3 Å². The normalized spacial score (nSPS) is 13.6. The van der Waals surface area contributed by atoms with Crippen molar-refractivity contribution < 1.29 is 19.0 Å². The molecule has 5 heteroatoms. The van der Waals surface area contributed by atoms with Crippen molar-refractivity contribution in [1.82, 2.24) is 5.32 Å². The lowest BCUT2D eigenvalue weighted by Crippen LogP contribution is -2.31. The van der Waals surface area contributed by atoms with Crippen LogP contribution >= 0.6 is 0 Å². The molecule has 0 aliphatic carbocycles. The number of rotatable bonds is 6. The molecule has 2 aromatic carbocycles. The van der Waals surface area contributed by atoms with E-state index in [-0.39, 0.29) is 24.5 Å². The maximum atomic E-state index is 12.7. The second kappa shape index (κ2) is 7.47. The largest absolute Gasteiger partial charge is 0.497 e. The summed E-state index contributed by atoms with van der Waals surface area (Å²) >= 11 is 0. The van der Waals surface area contributed by atoms with E-state index in [1.54, 1.807) is 7.11 Å². The first-order chi connectivity index (χ1) is 12.1. The minimum Gasteiger partial charge on any atom is -0.497 e. The van der Waals surface area contributed by atoms with Gasteiger partial charge >= 0.3 is 0 Å². The van der Waals surface area contributed by atoms with Crippen molar-refractivity contribution in [1.29, 1.82) is 0 Å². The van der Waals surface area contributed by atoms with E-state index in [0.29, 0.717) is 6.54 Å². The van der Waals surface area contributed by atoms with Gasteiger partial charge < -0.3 is 19.5 Å². The maximum absolute atomic E-state index is 12.7. The summed E-state index contributed by atoms with van der Waals surface area (Å²) in [5.74, 6) is 2.24. The molecule has 132 valence electrons. The highest BCUT2D eigenvalue weighted by molar-refractivity contribution is 5.84. The van der Waals surface area contributed by atoms with Crippen molar-refractivity contribution in [3.8, 4) is 17.2 Å². The highest BCUT2D eigenvalue weighted by atomic mass is 16.7. The fraction of sp³-hybridized carbons (Fsp3) is 0.350. The molecule has 0 fully saturated rings. The SMILES string of the molecule is COc1ccc(C(C(=O)NCc2ccc3c(c2)OCO3)C(C)C)cc1. The van der Waals surface area contributed by atoms with E-state index in [1.807, 2.05) is 42.5 Å². The van der Waals surface area contributed by atoms with Gasteiger partial charge in [0.1, 0.15) is 5.75 Å². The van der Waals surface area contributed by atoms with Crippen LogP contribution < -0.4 is 19.5 Å². The molecule has 1 aliphatic heterocycles. The molecule has 1 unspecified atom stereocenters. The Hall–Kier alpha value is -2.69. The van der Waals surface area contributed by atoms with Crippen LogP contribution in [0.4, 0.5) is 0 Å². The number of methoxy groups -OCH3 is 1. The second-order valence-electron chi connectivity index (χ2n) is 6.40. The third-order valence-corrected chi connectivity index (χ3v) is 4.33. The number of carbonyl (C=O) groups excluding carboxylic acids is 1. The molecule has 1 aliphatic rings. The molecule has 1 heterocycles. The number of hydrogen-bond donors (Lipinski definition) is 1. The van der Waals surface area contributed by atoms with Gasteiger partial charge in [-0.2, -0.15) is 0 Å². The third kappa shape index (κ3) is 3.87. The van der Waals surface area contributed by atoms with Gasteiger partial charge in [-0.15, -0.1) is 0 Å². The highest BCUT2D eigenvalue weighted by Crippen LogP contribution is 2.32. The summed E-state index contributed by atoms with van der Waals surface area (Å²) < 4.78 is 15.9. The van der Waals surface area contributed by atoms with Gasteiger partial charge in [0.2, 0.25) is 12.7 Å². The zero-order valence-corrected chi connectivity index (χ0v) is 14.7. The van der Waals surface area contributed by atoms with Gasteiger partial charge in [-0.1, -0.05) is 32.0 Å². The van der Waals surface area contributed by atoms with Crippen LogP contribution in [0.2, 0.25) is 0 Å². The zero-order valence-electron chi connectivity index (χ0n) is 14.7. The number of benzene rings is 2. The van der Waals surface area contributed by atoms with E-state index in [2.05, 4.69) is 19.2 Å². The molecule has 2 aromatic rings. The van der Waals surface area contributed by atoms with Crippen molar-refractivity contribution >= 4 is 5.91 Å². The molecule has 3 rings (SSSR count). The summed E-state index contributed by atoms with van der Waals surface area (Å²) in [5.41, 5.74) is 1.97. The average molecular weight is 341 g/mol. The lowest BCUT2D eigenvalue weighted by atomic mass is 9.87. The Morgan fingerprint density at radius 2 is 1.84 bits per heavy atom.